The number of H-pyrrole nitrogens is 1. The highest BCUT2D eigenvalue weighted by atomic mass is 14.9. The van der Waals surface area contributed by atoms with Crippen LogP contribution in [0.5, 0.6) is 0 Å². The number of allylic oxidation sites excluding steroid dienone is 1. The van der Waals surface area contributed by atoms with Gasteiger partial charge in [0.1, 0.15) is 0 Å². The van der Waals surface area contributed by atoms with E-state index in [0.29, 0.717) is 0 Å². The average Bonchev–Trinajstić information content (AvgIpc) is 2.13. The molecule has 0 aliphatic heterocycles. The summed E-state index contributed by atoms with van der Waals surface area (Å²) in [6.45, 7) is 7.71. The molecule has 0 amide bonds. The lowest BCUT2D eigenvalue weighted by atomic mass is 10.2. The van der Waals surface area contributed by atoms with Crippen LogP contribution in [0, 0.1) is 6.92 Å². The van der Waals surface area contributed by atoms with Crippen LogP contribution in [-0.2, 0) is 0 Å². The largest absolute Gasteiger partial charge is 0.348 e. The third-order valence-electron chi connectivity index (χ3n) is 1.23. The Hall–Kier alpha value is -1.05. The van der Waals surface area contributed by atoms with E-state index in [9.17, 15) is 0 Å². The smallest absolute Gasteiger partial charge is 0.0929 e. The van der Waals surface area contributed by atoms with E-state index in [1.165, 1.54) is 0 Å². The molecule has 0 spiro atoms. The predicted octanol–water partition coefficient (Wildman–Crippen LogP) is 1.75. The van der Waals surface area contributed by atoms with E-state index in [1.54, 1.807) is 6.33 Å². The molecule has 0 aliphatic carbocycles. The third kappa shape index (κ3) is 1.02. The summed E-state index contributed by atoms with van der Waals surface area (Å²) in [5, 5.41) is 0. The van der Waals surface area contributed by atoms with Crippen molar-refractivity contribution in [3.05, 3.63) is 24.3 Å². The van der Waals surface area contributed by atoms with Gasteiger partial charge in [0.25, 0.3) is 0 Å². The lowest BCUT2D eigenvalue weighted by Gasteiger charge is -1.91. The first-order chi connectivity index (χ1) is 4.22. The van der Waals surface area contributed by atoms with Gasteiger partial charge in [-0.25, -0.2) is 4.98 Å². The second-order valence-electron chi connectivity index (χ2n) is 2.16. The zero-order valence-corrected chi connectivity index (χ0v) is 5.73. The van der Waals surface area contributed by atoms with Crippen molar-refractivity contribution in [3.63, 3.8) is 0 Å². The van der Waals surface area contributed by atoms with Gasteiger partial charge in [-0.3, -0.25) is 0 Å². The molecule has 1 N–H and O–H groups in total. The van der Waals surface area contributed by atoms with Crippen molar-refractivity contribution in [3.8, 4) is 0 Å². The first kappa shape index (κ1) is 6.08. The Kier molecular flexibility index (Phi) is 1.39. The van der Waals surface area contributed by atoms with E-state index >= 15 is 0 Å². The molecule has 0 atom stereocenters. The minimum atomic E-state index is 0.981. The van der Waals surface area contributed by atoms with Gasteiger partial charge in [0.2, 0.25) is 0 Å². The fraction of sp³-hybridized carbons (Fsp3) is 0.286. The van der Waals surface area contributed by atoms with Crippen molar-refractivity contribution in [2.75, 3.05) is 0 Å². The van der Waals surface area contributed by atoms with Crippen molar-refractivity contribution in [2.24, 2.45) is 0 Å². The van der Waals surface area contributed by atoms with Gasteiger partial charge in [-0.15, -0.1) is 0 Å². The number of imidazole rings is 1. The normalized spacial score (nSPS) is 9.56. The van der Waals surface area contributed by atoms with E-state index in [1.807, 2.05) is 13.8 Å². The monoisotopic (exact) mass is 122 g/mol. The highest BCUT2D eigenvalue weighted by Gasteiger charge is 1.98. The molecular weight excluding hydrogens is 112 g/mol. The highest BCUT2D eigenvalue weighted by molar-refractivity contribution is 5.59. The number of aromatic amines is 1. The SMILES string of the molecule is C=C(C)c1nc[nH]c1C. The van der Waals surface area contributed by atoms with Crippen LogP contribution in [-0.4, -0.2) is 9.97 Å². The van der Waals surface area contributed by atoms with Crippen LogP contribution in [0.2, 0.25) is 0 Å². The van der Waals surface area contributed by atoms with Gasteiger partial charge in [0.15, 0.2) is 0 Å². The van der Waals surface area contributed by atoms with Crippen molar-refractivity contribution in [1.29, 1.82) is 0 Å². The van der Waals surface area contributed by atoms with Crippen molar-refractivity contribution >= 4 is 5.57 Å². The molecule has 0 fully saturated rings. The number of hydrogen-bond donors (Lipinski definition) is 1. The maximum Gasteiger partial charge on any atom is 0.0929 e. The summed E-state index contributed by atoms with van der Waals surface area (Å²) in [6, 6.07) is 0. The highest BCUT2D eigenvalue weighted by Crippen LogP contribution is 2.10. The summed E-state index contributed by atoms with van der Waals surface area (Å²) in [5.41, 5.74) is 3.08. The maximum atomic E-state index is 4.06. The molecule has 0 saturated heterocycles. The van der Waals surface area contributed by atoms with Gasteiger partial charge in [-0.1, -0.05) is 6.58 Å². The predicted molar refractivity (Wildman–Crippen MR) is 38.0 cm³/mol. The summed E-state index contributed by atoms with van der Waals surface area (Å²) in [4.78, 5) is 7.04. The summed E-state index contributed by atoms with van der Waals surface area (Å²) in [6.07, 6.45) is 1.68. The molecule has 2 nitrogen and oxygen atoms in total. The van der Waals surface area contributed by atoms with Crippen LogP contribution >= 0.6 is 0 Å². The Balaban J connectivity index is 3.08. The second kappa shape index (κ2) is 2.05. The van der Waals surface area contributed by atoms with Crippen LogP contribution in [0.15, 0.2) is 12.9 Å². The Bertz CT molecular complexity index is 223. The van der Waals surface area contributed by atoms with Gasteiger partial charge < -0.3 is 4.98 Å². The molecular formula is C7H10N2. The lowest BCUT2D eigenvalue weighted by Crippen LogP contribution is -1.80. The zero-order chi connectivity index (χ0) is 6.85. The van der Waals surface area contributed by atoms with E-state index in [2.05, 4.69) is 16.5 Å². The van der Waals surface area contributed by atoms with Crippen molar-refractivity contribution < 1.29 is 0 Å². The Morgan fingerprint density at radius 2 is 2.44 bits per heavy atom. The molecule has 2 heteroatoms. The lowest BCUT2D eigenvalue weighted by molar-refractivity contribution is 1.25. The molecule has 0 radical (unpaired) electrons. The summed E-state index contributed by atoms with van der Waals surface area (Å²) in [5.74, 6) is 0. The number of nitrogens with one attached hydrogen (secondary N) is 1. The van der Waals surface area contributed by atoms with Crippen LogP contribution < -0.4 is 0 Å². The van der Waals surface area contributed by atoms with Crippen molar-refractivity contribution in [2.45, 2.75) is 13.8 Å². The first-order valence-electron chi connectivity index (χ1n) is 2.87. The van der Waals surface area contributed by atoms with E-state index in [4.69, 9.17) is 0 Å². The Morgan fingerprint density at radius 3 is 2.67 bits per heavy atom. The number of aryl methyl sites for hydroxylation is 1. The van der Waals surface area contributed by atoms with E-state index < -0.39 is 0 Å². The van der Waals surface area contributed by atoms with Gasteiger partial charge in [-0.2, -0.15) is 0 Å². The van der Waals surface area contributed by atoms with E-state index in [-0.39, 0.29) is 0 Å². The minimum absolute atomic E-state index is 0.981. The van der Waals surface area contributed by atoms with Crippen LogP contribution in [0.25, 0.3) is 5.57 Å². The van der Waals surface area contributed by atoms with Gasteiger partial charge in [-0.05, 0) is 19.4 Å². The third-order valence-corrected chi connectivity index (χ3v) is 1.23. The van der Waals surface area contributed by atoms with Gasteiger partial charge in [0, 0.05) is 5.69 Å². The molecule has 1 aromatic heterocycles. The topological polar surface area (TPSA) is 28.7 Å². The summed E-state index contributed by atoms with van der Waals surface area (Å²) < 4.78 is 0. The van der Waals surface area contributed by atoms with Crippen molar-refractivity contribution in [1.82, 2.24) is 9.97 Å². The van der Waals surface area contributed by atoms with Crippen LogP contribution in [0.4, 0.5) is 0 Å². The number of rotatable bonds is 1. The molecule has 1 aromatic rings. The molecule has 0 aromatic carbocycles. The number of nitrogens with zero attached hydrogens (tertiary/aromatic N) is 1. The number of aromatic nitrogens is 2. The van der Waals surface area contributed by atoms with Crippen LogP contribution in [0.1, 0.15) is 18.3 Å². The van der Waals surface area contributed by atoms with Gasteiger partial charge >= 0.3 is 0 Å². The van der Waals surface area contributed by atoms with E-state index in [0.717, 1.165) is 17.0 Å². The Morgan fingerprint density at radius 1 is 1.78 bits per heavy atom. The second-order valence-corrected chi connectivity index (χ2v) is 2.16. The molecule has 0 aliphatic rings. The summed E-state index contributed by atoms with van der Waals surface area (Å²) >= 11 is 0. The molecule has 1 heterocycles. The molecule has 0 bridgehead atoms. The molecule has 1 rings (SSSR count). The fourth-order valence-electron chi connectivity index (χ4n) is 0.789. The first-order valence-corrected chi connectivity index (χ1v) is 2.87. The number of hydrogen-bond acceptors (Lipinski definition) is 1. The molecule has 48 valence electrons. The van der Waals surface area contributed by atoms with Gasteiger partial charge in [0.05, 0.1) is 12.0 Å². The average molecular weight is 122 g/mol. The van der Waals surface area contributed by atoms with Crippen LogP contribution in [0.3, 0.4) is 0 Å². The molecule has 0 saturated carbocycles. The summed E-state index contributed by atoms with van der Waals surface area (Å²) in [7, 11) is 0. The molecule has 0 unspecified atom stereocenters. The quantitative estimate of drug-likeness (QED) is 0.604. The maximum absolute atomic E-state index is 4.06. The fourth-order valence-corrected chi connectivity index (χ4v) is 0.789. The standard InChI is InChI=1S/C7H10N2/c1-5(2)7-6(3)8-4-9-7/h4H,1H2,2-3H3,(H,8,9). The minimum Gasteiger partial charge on any atom is -0.348 e. The zero-order valence-electron chi connectivity index (χ0n) is 5.73. The Labute approximate surface area is 54.6 Å². The molecule has 9 heavy (non-hydrogen) atoms.